The van der Waals surface area contributed by atoms with Crippen LogP contribution in [0.5, 0.6) is 0 Å². The van der Waals surface area contributed by atoms with Gasteiger partial charge >= 0.3 is 0 Å². The minimum atomic E-state index is -0.305. The molecule has 4 rings (SSSR count). The topological polar surface area (TPSA) is 57.7 Å². The monoisotopic (exact) mass is 354 g/mol. The highest BCUT2D eigenvalue weighted by Gasteiger charge is 2.36. The van der Waals surface area contributed by atoms with Crippen molar-refractivity contribution in [3.05, 3.63) is 57.3 Å². The summed E-state index contributed by atoms with van der Waals surface area (Å²) in [4.78, 5) is 41.8. The lowest BCUT2D eigenvalue weighted by atomic mass is 10.0. The van der Waals surface area contributed by atoms with Crippen molar-refractivity contribution in [2.45, 2.75) is 25.8 Å². The van der Waals surface area contributed by atoms with E-state index in [-0.39, 0.29) is 36.7 Å². The van der Waals surface area contributed by atoms with Gasteiger partial charge in [-0.1, -0.05) is 12.1 Å². The van der Waals surface area contributed by atoms with Gasteiger partial charge in [0.25, 0.3) is 11.8 Å². The first-order valence-corrected chi connectivity index (χ1v) is 9.27. The number of benzene rings is 1. The van der Waals surface area contributed by atoms with E-state index in [0.717, 1.165) is 6.42 Å². The molecule has 3 amide bonds. The van der Waals surface area contributed by atoms with Crippen LogP contribution in [0.1, 0.15) is 50.5 Å². The molecule has 2 aliphatic rings. The van der Waals surface area contributed by atoms with Gasteiger partial charge in [0.05, 0.1) is 17.2 Å². The summed E-state index contributed by atoms with van der Waals surface area (Å²) >= 11 is 1.73. The summed E-state index contributed by atoms with van der Waals surface area (Å²) in [5.41, 5.74) is 2.06. The van der Waals surface area contributed by atoms with E-state index in [1.54, 1.807) is 35.6 Å². The Balaban J connectivity index is 1.44. The van der Waals surface area contributed by atoms with Gasteiger partial charge in [0.15, 0.2) is 0 Å². The Morgan fingerprint density at radius 1 is 1.16 bits per heavy atom. The van der Waals surface area contributed by atoms with Crippen molar-refractivity contribution in [3.8, 4) is 0 Å². The molecule has 0 aliphatic carbocycles. The van der Waals surface area contributed by atoms with Crippen LogP contribution in [-0.2, 0) is 11.2 Å². The van der Waals surface area contributed by atoms with Crippen LogP contribution in [-0.4, -0.2) is 40.6 Å². The Kier molecular flexibility index (Phi) is 3.92. The number of thiophene rings is 1. The summed E-state index contributed by atoms with van der Waals surface area (Å²) in [5.74, 6) is -0.624. The van der Waals surface area contributed by atoms with E-state index >= 15 is 0 Å². The summed E-state index contributed by atoms with van der Waals surface area (Å²) in [6, 6.07) is 8.92. The molecule has 1 atom stereocenters. The first-order valence-electron chi connectivity index (χ1n) is 8.39. The first kappa shape index (κ1) is 16.0. The number of hydrogen-bond donors (Lipinski definition) is 0. The van der Waals surface area contributed by atoms with Gasteiger partial charge in [-0.15, -0.1) is 11.3 Å². The molecule has 3 heterocycles. The maximum absolute atomic E-state index is 12.7. The van der Waals surface area contributed by atoms with Gasteiger partial charge < -0.3 is 4.90 Å². The molecule has 128 valence electrons. The van der Waals surface area contributed by atoms with Crippen LogP contribution >= 0.6 is 11.3 Å². The summed E-state index contributed by atoms with van der Waals surface area (Å²) in [6.07, 6.45) is 1.03. The van der Waals surface area contributed by atoms with Gasteiger partial charge in [-0.25, -0.2) is 0 Å². The third-order valence-electron chi connectivity index (χ3n) is 5.03. The number of nitrogens with zero attached hydrogens (tertiary/aromatic N) is 2. The fourth-order valence-electron chi connectivity index (χ4n) is 3.64. The number of imide groups is 1. The molecule has 5 nitrogen and oxygen atoms in total. The lowest BCUT2D eigenvalue weighted by molar-refractivity contribution is -0.133. The van der Waals surface area contributed by atoms with Crippen molar-refractivity contribution in [2.24, 2.45) is 0 Å². The molecular formula is C19H18N2O3S. The maximum Gasteiger partial charge on any atom is 0.261 e. The molecule has 0 saturated heterocycles. The number of hydrogen-bond acceptors (Lipinski definition) is 4. The third kappa shape index (κ3) is 2.57. The number of rotatable bonds is 3. The van der Waals surface area contributed by atoms with Crippen LogP contribution in [0.4, 0.5) is 0 Å². The smallest absolute Gasteiger partial charge is 0.261 e. The highest BCUT2D eigenvalue weighted by molar-refractivity contribution is 7.10. The van der Waals surface area contributed by atoms with Crippen molar-refractivity contribution in [1.29, 1.82) is 0 Å². The molecule has 1 aromatic heterocycles. The van der Waals surface area contributed by atoms with Crippen LogP contribution in [0.15, 0.2) is 35.7 Å². The zero-order chi connectivity index (χ0) is 17.6. The second kappa shape index (κ2) is 6.11. The Labute approximate surface area is 149 Å². The van der Waals surface area contributed by atoms with Crippen LogP contribution in [0.3, 0.4) is 0 Å². The molecule has 0 bridgehead atoms. The number of carbonyl (C=O) groups excluding carboxylic acids is 3. The summed E-state index contributed by atoms with van der Waals surface area (Å²) in [5, 5.41) is 2.06. The molecule has 1 aromatic carbocycles. The van der Waals surface area contributed by atoms with Gasteiger partial charge in [0.2, 0.25) is 5.91 Å². The van der Waals surface area contributed by atoms with Crippen LogP contribution < -0.4 is 0 Å². The molecule has 0 spiro atoms. The molecule has 6 heteroatoms. The Hall–Kier alpha value is -2.47. The molecule has 0 fully saturated rings. The second-order valence-corrected chi connectivity index (χ2v) is 7.37. The zero-order valence-electron chi connectivity index (χ0n) is 13.9. The zero-order valence-corrected chi connectivity index (χ0v) is 14.7. The van der Waals surface area contributed by atoms with Crippen LogP contribution in [0.25, 0.3) is 0 Å². The number of amides is 3. The van der Waals surface area contributed by atoms with E-state index < -0.39 is 0 Å². The highest BCUT2D eigenvalue weighted by Crippen LogP contribution is 2.33. The quantitative estimate of drug-likeness (QED) is 0.797. The van der Waals surface area contributed by atoms with Crippen molar-refractivity contribution in [1.82, 2.24) is 9.80 Å². The van der Waals surface area contributed by atoms with E-state index in [4.69, 9.17) is 0 Å². The lowest BCUT2D eigenvalue weighted by Gasteiger charge is -2.34. The summed E-state index contributed by atoms with van der Waals surface area (Å²) < 4.78 is 0. The lowest BCUT2D eigenvalue weighted by Crippen LogP contribution is -2.40. The molecule has 0 unspecified atom stereocenters. The molecular weight excluding hydrogens is 336 g/mol. The predicted octanol–water partition coefficient (Wildman–Crippen LogP) is 2.88. The normalized spacial score (nSPS) is 19.2. The van der Waals surface area contributed by atoms with E-state index in [1.807, 2.05) is 11.8 Å². The average Bonchev–Trinajstić information content (AvgIpc) is 3.19. The SMILES string of the molecule is C[C@@H]1c2ccsc2CCN1C(=O)CCN1C(=O)c2ccccc2C1=O. The third-order valence-corrected chi connectivity index (χ3v) is 6.02. The average molecular weight is 354 g/mol. The fraction of sp³-hybridized carbons (Fsp3) is 0.316. The minimum Gasteiger partial charge on any atom is -0.335 e. The van der Waals surface area contributed by atoms with Gasteiger partial charge in [0.1, 0.15) is 0 Å². The predicted molar refractivity (Wildman–Crippen MR) is 94.6 cm³/mol. The van der Waals surface area contributed by atoms with Gasteiger partial charge in [-0.05, 0) is 42.5 Å². The van der Waals surface area contributed by atoms with Crippen LogP contribution in [0, 0.1) is 0 Å². The van der Waals surface area contributed by atoms with E-state index in [1.165, 1.54) is 15.3 Å². The molecule has 0 saturated carbocycles. The molecule has 0 N–H and O–H groups in total. The molecule has 2 aliphatic heterocycles. The molecule has 0 radical (unpaired) electrons. The molecule has 25 heavy (non-hydrogen) atoms. The fourth-order valence-corrected chi connectivity index (χ4v) is 4.61. The Bertz CT molecular complexity index is 838. The van der Waals surface area contributed by atoms with Crippen molar-refractivity contribution >= 4 is 29.1 Å². The highest BCUT2D eigenvalue weighted by atomic mass is 32.1. The van der Waals surface area contributed by atoms with Crippen molar-refractivity contribution in [3.63, 3.8) is 0 Å². The molecule has 2 aromatic rings. The number of fused-ring (bicyclic) bond motifs is 2. The number of carbonyl (C=O) groups is 3. The summed E-state index contributed by atoms with van der Waals surface area (Å²) in [6.45, 7) is 2.85. The van der Waals surface area contributed by atoms with Gasteiger partial charge in [-0.2, -0.15) is 0 Å². The van der Waals surface area contributed by atoms with Gasteiger partial charge in [0, 0.05) is 24.4 Å². The van der Waals surface area contributed by atoms with E-state index in [2.05, 4.69) is 11.4 Å². The summed E-state index contributed by atoms with van der Waals surface area (Å²) in [7, 11) is 0. The Morgan fingerprint density at radius 2 is 1.84 bits per heavy atom. The Morgan fingerprint density at radius 3 is 2.52 bits per heavy atom. The van der Waals surface area contributed by atoms with E-state index in [9.17, 15) is 14.4 Å². The van der Waals surface area contributed by atoms with E-state index in [0.29, 0.717) is 17.7 Å². The van der Waals surface area contributed by atoms with Crippen LogP contribution in [0.2, 0.25) is 0 Å². The second-order valence-electron chi connectivity index (χ2n) is 6.37. The first-order chi connectivity index (χ1) is 12.1. The van der Waals surface area contributed by atoms with Crippen molar-refractivity contribution in [2.75, 3.05) is 13.1 Å². The van der Waals surface area contributed by atoms with Gasteiger partial charge in [-0.3, -0.25) is 19.3 Å². The largest absolute Gasteiger partial charge is 0.335 e. The standard InChI is InChI=1S/C19H18N2O3S/c1-12-13-8-11-25-16(13)6-9-20(12)17(22)7-10-21-18(23)14-4-2-3-5-15(14)19(21)24/h2-5,8,11-12H,6-7,9-10H2,1H3/t12-/m1/s1. The minimum absolute atomic E-state index is 0.0130. The maximum atomic E-state index is 12.7. The van der Waals surface area contributed by atoms with Crippen molar-refractivity contribution < 1.29 is 14.4 Å².